The topological polar surface area (TPSA) is 0 Å². The van der Waals surface area contributed by atoms with Crippen molar-refractivity contribution in [3.8, 4) is 0 Å². The van der Waals surface area contributed by atoms with Gasteiger partial charge in [0.15, 0.2) is 0 Å². The van der Waals surface area contributed by atoms with Crippen molar-refractivity contribution in [1.82, 2.24) is 0 Å². The first-order chi connectivity index (χ1) is 12.1. The Labute approximate surface area is 159 Å². The molecule has 0 spiro atoms. The van der Waals surface area contributed by atoms with Gasteiger partial charge >= 0.3 is 0 Å². The summed E-state index contributed by atoms with van der Waals surface area (Å²) < 4.78 is 0. The molecule has 0 aliphatic heterocycles. The Hall–Kier alpha value is 0.217. The summed E-state index contributed by atoms with van der Waals surface area (Å²) in [5.41, 5.74) is 3.58. The van der Waals surface area contributed by atoms with Crippen molar-refractivity contribution in [3.05, 3.63) is 0 Å². The zero-order chi connectivity index (χ0) is 17.9. The van der Waals surface area contributed by atoms with Gasteiger partial charge in [0.05, 0.1) is 8.07 Å². The van der Waals surface area contributed by atoms with E-state index in [1.54, 1.807) is 83.1 Å². The minimum absolute atomic E-state index is 1.02. The summed E-state index contributed by atoms with van der Waals surface area (Å²) >= 11 is 0. The predicted molar refractivity (Wildman–Crippen MR) is 115 cm³/mol. The summed E-state index contributed by atoms with van der Waals surface area (Å²) in [5.74, 6) is 3.05. The van der Waals surface area contributed by atoms with Crippen molar-refractivity contribution in [1.29, 1.82) is 0 Å². The number of hydrogen-bond acceptors (Lipinski definition) is 0. The maximum atomic E-state index is 2.52. The van der Waals surface area contributed by atoms with E-state index < -0.39 is 8.07 Å². The summed E-state index contributed by atoms with van der Waals surface area (Å²) in [6, 6.07) is 1.68. The lowest BCUT2D eigenvalue weighted by atomic mass is 9.89. The fourth-order valence-electron chi connectivity index (χ4n) is 7.44. The molecule has 3 saturated carbocycles. The molecule has 3 fully saturated rings. The van der Waals surface area contributed by atoms with Gasteiger partial charge in [-0.15, -0.1) is 0 Å². The summed E-state index contributed by atoms with van der Waals surface area (Å²) in [7, 11) is -1.18. The Bertz CT molecular complexity index is 324. The maximum Gasteiger partial charge on any atom is 0.0629 e. The fraction of sp³-hybridized carbons (Fsp3) is 1.00. The van der Waals surface area contributed by atoms with Crippen LogP contribution in [0, 0.1) is 17.8 Å². The molecule has 0 unspecified atom stereocenters. The second-order valence-electron chi connectivity index (χ2n) is 10.7. The highest BCUT2D eigenvalue weighted by atomic mass is 28.3. The van der Waals surface area contributed by atoms with Crippen LogP contribution >= 0.6 is 0 Å². The molecule has 0 nitrogen and oxygen atoms in total. The molecule has 0 aromatic heterocycles. The molecule has 0 N–H and O–H groups in total. The van der Waals surface area contributed by atoms with Crippen LogP contribution in [-0.2, 0) is 0 Å². The van der Waals surface area contributed by atoms with E-state index in [1.807, 2.05) is 0 Å². The van der Waals surface area contributed by atoms with Crippen molar-refractivity contribution < 1.29 is 0 Å². The monoisotopic (exact) mass is 362 g/mol. The second-order valence-corrected chi connectivity index (χ2v) is 15.9. The first-order valence-corrected chi connectivity index (χ1v) is 14.5. The van der Waals surface area contributed by atoms with E-state index in [2.05, 4.69) is 27.7 Å². The molecule has 0 saturated heterocycles. The van der Waals surface area contributed by atoms with E-state index in [9.17, 15) is 0 Å². The quantitative estimate of drug-likeness (QED) is 0.429. The van der Waals surface area contributed by atoms with Crippen molar-refractivity contribution in [2.24, 2.45) is 17.8 Å². The van der Waals surface area contributed by atoms with E-state index in [0.29, 0.717) is 0 Å². The van der Waals surface area contributed by atoms with E-state index in [1.165, 1.54) is 23.0 Å². The average Bonchev–Trinajstić information content (AvgIpc) is 2.62. The lowest BCUT2D eigenvalue weighted by Gasteiger charge is -2.55. The third kappa shape index (κ3) is 4.38. The van der Waals surface area contributed by atoms with Crippen molar-refractivity contribution in [2.45, 2.75) is 134 Å². The smallest absolute Gasteiger partial charge is 0.0629 e. The van der Waals surface area contributed by atoms with E-state index >= 15 is 0 Å². The lowest BCUT2D eigenvalue weighted by Crippen LogP contribution is -2.51. The molecule has 0 aromatic rings. The molecular formula is C24H46Si. The van der Waals surface area contributed by atoms with Crippen LogP contribution in [0.2, 0.25) is 22.7 Å². The van der Waals surface area contributed by atoms with E-state index in [-0.39, 0.29) is 0 Å². The zero-order valence-corrected chi connectivity index (χ0v) is 18.9. The predicted octanol–water partition coefficient (Wildman–Crippen LogP) is 8.59. The fourth-order valence-corrected chi connectivity index (χ4v) is 15.8. The molecule has 3 rings (SSSR count). The van der Waals surface area contributed by atoms with Gasteiger partial charge in [-0.1, -0.05) is 117 Å². The van der Waals surface area contributed by atoms with Gasteiger partial charge in [-0.05, 0) is 34.4 Å². The molecule has 0 radical (unpaired) electrons. The molecule has 25 heavy (non-hydrogen) atoms. The minimum atomic E-state index is -1.18. The van der Waals surface area contributed by atoms with Gasteiger partial charge in [-0.25, -0.2) is 0 Å². The van der Waals surface area contributed by atoms with Crippen LogP contribution in [0.3, 0.4) is 0 Å². The molecule has 0 heterocycles. The second kappa shape index (κ2) is 8.94. The van der Waals surface area contributed by atoms with Gasteiger partial charge in [0.1, 0.15) is 0 Å². The SMILES string of the molecule is CCC[Si](C1CCC(C)CC1)(C1CCC(C)CC1)C1CCC(C)CC1. The average molecular weight is 363 g/mol. The van der Waals surface area contributed by atoms with E-state index in [0.717, 1.165) is 17.8 Å². The maximum absolute atomic E-state index is 2.52. The molecule has 146 valence electrons. The van der Waals surface area contributed by atoms with E-state index in [4.69, 9.17) is 0 Å². The third-order valence-electron chi connectivity index (χ3n) is 9.01. The van der Waals surface area contributed by atoms with Gasteiger partial charge in [-0.2, -0.15) is 0 Å². The first kappa shape index (κ1) is 20.0. The highest BCUT2D eigenvalue weighted by molar-refractivity contribution is 6.84. The molecule has 0 amide bonds. The first-order valence-electron chi connectivity index (χ1n) is 12.1. The summed E-state index contributed by atoms with van der Waals surface area (Å²) in [5, 5.41) is 0. The van der Waals surface area contributed by atoms with Crippen LogP contribution in [0.4, 0.5) is 0 Å². The van der Waals surface area contributed by atoms with Gasteiger partial charge in [-0.3, -0.25) is 0 Å². The normalized spacial score (nSPS) is 42.7. The molecule has 1 heteroatoms. The van der Waals surface area contributed by atoms with Crippen molar-refractivity contribution in [2.75, 3.05) is 0 Å². The Balaban J connectivity index is 1.86. The van der Waals surface area contributed by atoms with Crippen LogP contribution in [0.5, 0.6) is 0 Å². The molecule has 3 aliphatic carbocycles. The van der Waals surface area contributed by atoms with Crippen LogP contribution < -0.4 is 0 Å². The zero-order valence-electron chi connectivity index (χ0n) is 17.9. The highest BCUT2D eigenvalue weighted by Crippen LogP contribution is 2.59. The summed E-state index contributed by atoms with van der Waals surface area (Å²) in [6.45, 7) is 10.1. The van der Waals surface area contributed by atoms with Crippen molar-refractivity contribution >= 4 is 8.07 Å². The third-order valence-corrected chi connectivity index (χ3v) is 16.7. The minimum Gasteiger partial charge on any atom is -0.0656 e. The van der Waals surface area contributed by atoms with Crippen LogP contribution in [-0.4, -0.2) is 8.07 Å². The Kier molecular flexibility index (Phi) is 7.14. The van der Waals surface area contributed by atoms with Gasteiger partial charge in [0.25, 0.3) is 0 Å². The number of hydrogen-bond donors (Lipinski definition) is 0. The molecular weight excluding hydrogens is 316 g/mol. The molecule has 0 bridgehead atoms. The standard InChI is InChI=1S/C24H46Si/c1-5-18-25(22-12-6-19(2)7-13-22,23-14-8-20(3)9-15-23)24-16-10-21(4)11-17-24/h19-24H,5-18H2,1-4H3. The summed E-state index contributed by atoms with van der Waals surface area (Å²) in [4.78, 5) is 0. The van der Waals surface area contributed by atoms with Crippen LogP contribution in [0.25, 0.3) is 0 Å². The summed E-state index contributed by atoms with van der Waals surface area (Å²) in [6.07, 6.45) is 20.5. The van der Waals surface area contributed by atoms with Crippen molar-refractivity contribution in [3.63, 3.8) is 0 Å². The van der Waals surface area contributed by atoms with Gasteiger partial charge in [0, 0.05) is 0 Å². The highest BCUT2D eigenvalue weighted by Gasteiger charge is 2.52. The molecule has 0 atom stereocenters. The Morgan fingerprint density at radius 2 is 0.800 bits per heavy atom. The largest absolute Gasteiger partial charge is 0.0656 e. The Morgan fingerprint density at radius 1 is 0.520 bits per heavy atom. The lowest BCUT2D eigenvalue weighted by molar-refractivity contribution is 0.326. The van der Waals surface area contributed by atoms with Gasteiger partial charge < -0.3 is 0 Å². The van der Waals surface area contributed by atoms with Crippen LogP contribution in [0.1, 0.15) is 111 Å². The van der Waals surface area contributed by atoms with Gasteiger partial charge in [0.2, 0.25) is 0 Å². The molecule has 3 aliphatic rings. The van der Waals surface area contributed by atoms with Crippen LogP contribution in [0.15, 0.2) is 0 Å². The Morgan fingerprint density at radius 3 is 1.04 bits per heavy atom. The molecule has 0 aromatic carbocycles. The number of rotatable bonds is 5.